The summed E-state index contributed by atoms with van der Waals surface area (Å²) in [6.07, 6.45) is 1.33. The van der Waals surface area contributed by atoms with Gasteiger partial charge in [0.05, 0.1) is 12.3 Å². The minimum Gasteiger partial charge on any atom is -0.368 e. The summed E-state index contributed by atoms with van der Waals surface area (Å²) in [6, 6.07) is 0. The summed E-state index contributed by atoms with van der Waals surface area (Å²) in [5, 5.41) is 1.09. The molecular formula is C12H21N3OS. The Morgan fingerprint density at radius 1 is 1.59 bits per heavy atom. The molecule has 1 atom stereocenters. The van der Waals surface area contributed by atoms with Gasteiger partial charge in [0, 0.05) is 24.5 Å². The van der Waals surface area contributed by atoms with Gasteiger partial charge in [-0.15, -0.1) is 11.3 Å². The third kappa shape index (κ3) is 3.04. The Morgan fingerprint density at radius 2 is 2.41 bits per heavy atom. The van der Waals surface area contributed by atoms with E-state index in [4.69, 9.17) is 10.5 Å². The molecule has 1 aromatic rings. The molecule has 1 aliphatic rings. The van der Waals surface area contributed by atoms with Crippen molar-refractivity contribution in [1.82, 2.24) is 9.88 Å². The van der Waals surface area contributed by atoms with Gasteiger partial charge in [0.1, 0.15) is 11.1 Å². The normalized spacial score (nSPS) is 21.9. The summed E-state index contributed by atoms with van der Waals surface area (Å²) in [6.45, 7) is 8.77. The fourth-order valence-corrected chi connectivity index (χ4v) is 3.13. The molecule has 0 amide bonds. The fourth-order valence-electron chi connectivity index (χ4n) is 2.15. The Bertz CT molecular complexity index is 365. The molecule has 2 rings (SSSR count). The van der Waals surface area contributed by atoms with Crippen LogP contribution in [0.1, 0.15) is 35.0 Å². The summed E-state index contributed by atoms with van der Waals surface area (Å²) >= 11 is 1.70. The first-order valence-corrected chi connectivity index (χ1v) is 7.06. The SMILES string of the molecule is CCCN1CCOC(c2nc(C)c(CN)s2)C1. The van der Waals surface area contributed by atoms with Crippen molar-refractivity contribution in [2.24, 2.45) is 5.73 Å². The number of hydrogen-bond acceptors (Lipinski definition) is 5. The van der Waals surface area contributed by atoms with Crippen molar-refractivity contribution in [1.29, 1.82) is 0 Å². The summed E-state index contributed by atoms with van der Waals surface area (Å²) in [4.78, 5) is 8.22. The molecule has 0 bridgehead atoms. The molecule has 0 aromatic carbocycles. The second kappa shape index (κ2) is 5.91. The molecule has 5 heteroatoms. The van der Waals surface area contributed by atoms with Gasteiger partial charge in [-0.1, -0.05) is 6.92 Å². The molecule has 1 aliphatic heterocycles. The molecular weight excluding hydrogens is 234 g/mol. The van der Waals surface area contributed by atoms with E-state index in [0.717, 1.165) is 36.9 Å². The molecule has 0 spiro atoms. The minimum atomic E-state index is 0.138. The molecule has 0 aliphatic carbocycles. The lowest BCUT2D eigenvalue weighted by molar-refractivity contribution is -0.0299. The van der Waals surface area contributed by atoms with Crippen LogP contribution in [0, 0.1) is 6.92 Å². The van der Waals surface area contributed by atoms with Crippen molar-refractivity contribution in [3.05, 3.63) is 15.6 Å². The number of aryl methyl sites for hydroxylation is 1. The highest BCUT2D eigenvalue weighted by molar-refractivity contribution is 7.11. The van der Waals surface area contributed by atoms with Crippen LogP contribution >= 0.6 is 11.3 Å². The maximum atomic E-state index is 5.82. The molecule has 2 N–H and O–H groups in total. The van der Waals surface area contributed by atoms with Crippen LogP contribution in [0.5, 0.6) is 0 Å². The molecule has 0 saturated carbocycles. The van der Waals surface area contributed by atoms with Crippen LogP contribution in [-0.4, -0.2) is 36.1 Å². The van der Waals surface area contributed by atoms with E-state index in [0.29, 0.717) is 6.54 Å². The third-order valence-electron chi connectivity index (χ3n) is 3.06. The van der Waals surface area contributed by atoms with Crippen LogP contribution in [0.4, 0.5) is 0 Å². The lowest BCUT2D eigenvalue weighted by atomic mass is 10.2. The smallest absolute Gasteiger partial charge is 0.123 e. The van der Waals surface area contributed by atoms with Crippen molar-refractivity contribution in [2.75, 3.05) is 26.2 Å². The average molecular weight is 255 g/mol. The van der Waals surface area contributed by atoms with Crippen LogP contribution < -0.4 is 5.73 Å². The van der Waals surface area contributed by atoms with E-state index in [1.54, 1.807) is 11.3 Å². The monoisotopic (exact) mass is 255 g/mol. The predicted octanol–water partition coefficient (Wildman–Crippen LogP) is 1.69. The van der Waals surface area contributed by atoms with Gasteiger partial charge in [0.15, 0.2) is 0 Å². The maximum Gasteiger partial charge on any atom is 0.123 e. The Balaban J connectivity index is 2.05. The highest BCUT2D eigenvalue weighted by Gasteiger charge is 2.24. The van der Waals surface area contributed by atoms with E-state index in [9.17, 15) is 0 Å². The highest BCUT2D eigenvalue weighted by Crippen LogP contribution is 2.28. The van der Waals surface area contributed by atoms with Crippen molar-refractivity contribution in [3.8, 4) is 0 Å². The lowest BCUT2D eigenvalue weighted by Crippen LogP contribution is -2.38. The summed E-state index contributed by atoms with van der Waals surface area (Å²) in [5.41, 5.74) is 6.75. The summed E-state index contributed by atoms with van der Waals surface area (Å²) < 4.78 is 5.82. The van der Waals surface area contributed by atoms with Gasteiger partial charge >= 0.3 is 0 Å². The number of hydrogen-bond donors (Lipinski definition) is 1. The quantitative estimate of drug-likeness (QED) is 0.889. The molecule has 1 unspecified atom stereocenters. The molecule has 0 radical (unpaired) electrons. The zero-order chi connectivity index (χ0) is 12.3. The number of thiazole rings is 1. The minimum absolute atomic E-state index is 0.138. The Morgan fingerprint density at radius 3 is 3.06 bits per heavy atom. The Labute approximate surface area is 107 Å². The van der Waals surface area contributed by atoms with Gasteiger partial charge in [-0.25, -0.2) is 4.98 Å². The molecule has 1 fully saturated rings. The van der Waals surface area contributed by atoms with Crippen LogP contribution in [-0.2, 0) is 11.3 Å². The van der Waals surface area contributed by atoms with E-state index in [2.05, 4.69) is 16.8 Å². The van der Waals surface area contributed by atoms with Crippen LogP contribution in [0.25, 0.3) is 0 Å². The number of nitrogens with zero attached hydrogens (tertiary/aromatic N) is 2. The number of aromatic nitrogens is 1. The number of ether oxygens (including phenoxy) is 1. The first kappa shape index (κ1) is 13.0. The fraction of sp³-hybridized carbons (Fsp3) is 0.750. The first-order valence-electron chi connectivity index (χ1n) is 6.24. The van der Waals surface area contributed by atoms with Gasteiger partial charge in [0.25, 0.3) is 0 Å². The second-order valence-electron chi connectivity index (χ2n) is 4.42. The van der Waals surface area contributed by atoms with E-state index in [1.807, 2.05) is 6.92 Å². The molecule has 96 valence electrons. The number of nitrogens with two attached hydrogens (primary N) is 1. The zero-order valence-electron chi connectivity index (χ0n) is 10.6. The van der Waals surface area contributed by atoms with Crippen molar-refractivity contribution < 1.29 is 4.74 Å². The van der Waals surface area contributed by atoms with Gasteiger partial charge in [-0.05, 0) is 19.9 Å². The average Bonchev–Trinajstić information content (AvgIpc) is 2.71. The maximum absolute atomic E-state index is 5.82. The van der Waals surface area contributed by atoms with Gasteiger partial charge < -0.3 is 10.5 Å². The summed E-state index contributed by atoms with van der Waals surface area (Å²) in [7, 11) is 0. The molecule has 2 heterocycles. The first-order chi connectivity index (χ1) is 8.24. The standard InChI is InChI=1S/C12H21N3OS/c1-3-4-15-5-6-16-10(8-15)12-14-9(2)11(7-13)17-12/h10H,3-8,13H2,1-2H3. The topological polar surface area (TPSA) is 51.4 Å². The van der Waals surface area contributed by atoms with Gasteiger partial charge in [-0.3, -0.25) is 4.90 Å². The van der Waals surface area contributed by atoms with Crippen molar-refractivity contribution in [2.45, 2.75) is 32.9 Å². The van der Waals surface area contributed by atoms with Gasteiger partial charge in [0.2, 0.25) is 0 Å². The van der Waals surface area contributed by atoms with Crippen molar-refractivity contribution in [3.63, 3.8) is 0 Å². The molecule has 17 heavy (non-hydrogen) atoms. The molecule has 4 nitrogen and oxygen atoms in total. The number of morpholine rings is 1. The predicted molar refractivity (Wildman–Crippen MR) is 70.2 cm³/mol. The molecule has 1 aromatic heterocycles. The van der Waals surface area contributed by atoms with Crippen molar-refractivity contribution >= 4 is 11.3 Å². The lowest BCUT2D eigenvalue weighted by Gasteiger charge is -2.31. The Hall–Kier alpha value is -0.490. The highest BCUT2D eigenvalue weighted by atomic mass is 32.1. The van der Waals surface area contributed by atoms with Crippen LogP contribution in [0.3, 0.4) is 0 Å². The summed E-state index contributed by atoms with van der Waals surface area (Å²) in [5.74, 6) is 0. The van der Waals surface area contributed by atoms with E-state index < -0.39 is 0 Å². The van der Waals surface area contributed by atoms with E-state index in [1.165, 1.54) is 11.3 Å². The van der Waals surface area contributed by atoms with Gasteiger partial charge in [-0.2, -0.15) is 0 Å². The molecule has 1 saturated heterocycles. The second-order valence-corrected chi connectivity index (χ2v) is 5.54. The van der Waals surface area contributed by atoms with Crippen LogP contribution in [0.2, 0.25) is 0 Å². The van der Waals surface area contributed by atoms with E-state index in [-0.39, 0.29) is 6.10 Å². The largest absolute Gasteiger partial charge is 0.368 e. The zero-order valence-corrected chi connectivity index (χ0v) is 11.4. The number of rotatable bonds is 4. The van der Waals surface area contributed by atoms with Crippen LogP contribution in [0.15, 0.2) is 0 Å². The Kier molecular flexibility index (Phi) is 4.50. The third-order valence-corrected chi connectivity index (χ3v) is 4.33. The van der Waals surface area contributed by atoms with E-state index >= 15 is 0 Å².